The monoisotopic (exact) mass is 695 g/mol. The van der Waals surface area contributed by atoms with E-state index in [-0.39, 0.29) is 0 Å². The van der Waals surface area contributed by atoms with Crippen molar-refractivity contribution < 1.29 is 0 Å². The van der Waals surface area contributed by atoms with Gasteiger partial charge in [0.25, 0.3) is 0 Å². The van der Waals surface area contributed by atoms with Crippen LogP contribution in [0.1, 0.15) is 283 Å². The molecule has 0 heterocycles. The maximum atomic E-state index is 1.59. The third-order valence-corrected chi connectivity index (χ3v) is 15.2. The second kappa shape index (κ2) is 29.4. The van der Waals surface area contributed by atoms with Crippen molar-refractivity contribution in [2.24, 2.45) is 35.5 Å². The van der Waals surface area contributed by atoms with E-state index >= 15 is 0 Å². The van der Waals surface area contributed by atoms with Crippen LogP contribution in [0.4, 0.5) is 0 Å². The van der Waals surface area contributed by atoms with Crippen LogP contribution in [0.5, 0.6) is 0 Å². The van der Waals surface area contributed by atoms with E-state index in [0.717, 1.165) is 35.5 Å². The summed E-state index contributed by atoms with van der Waals surface area (Å²) < 4.78 is 0. The Kier molecular flexibility index (Phi) is 25.1. The third kappa shape index (κ3) is 18.4. The number of hydrogen-bond acceptors (Lipinski definition) is 0. The minimum Gasteiger partial charge on any atom is -0.0533 e. The molecule has 294 valence electrons. The van der Waals surface area contributed by atoms with Gasteiger partial charge in [0.2, 0.25) is 0 Å². The van der Waals surface area contributed by atoms with Crippen molar-refractivity contribution in [1.82, 2.24) is 0 Å². The van der Waals surface area contributed by atoms with Crippen molar-refractivity contribution >= 4 is 0 Å². The molecule has 0 aliphatic heterocycles. The van der Waals surface area contributed by atoms with Crippen LogP contribution in [0.2, 0.25) is 0 Å². The Bertz CT molecular complexity index is 568. The highest BCUT2D eigenvalue weighted by atomic mass is 14.5. The Morgan fingerprint density at radius 1 is 0.140 bits per heavy atom. The van der Waals surface area contributed by atoms with Crippen LogP contribution in [-0.4, -0.2) is 0 Å². The maximum absolute atomic E-state index is 1.59. The SMILES string of the molecule is C1CCCCCC(C(C2CCCCCCCCCCC2)C(C2CCCCCCCCCCC2)C2CCCCCCCCCCC2)CCCCC1. The van der Waals surface area contributed by atoms with Crippen LogP contribution in [-0.2, 0) is 0 Å². The second-order valence-corrected chi connectivity index (χ2v) is 19.2. The molecular weight excluding hydrogens is 601 g/mol. The van der Waals surface area contributed by atoms with Crippen LogP contribution in [0.15, 0.2) is 0 Å². The highest BCUT2D eigenvalue weighted by Gasteiger charge is 2.42. The summed E-state index contributed by atoms with van der Waals surface area (Å²) in [5.74, 6) is 6.19. The molecule has 4 rings (SSSR count). The van der Waals surface area contributed by atoms with Crippen molar-refractivity contribution in [2.75, 3.05) is 0 Å². The van der Waals surface area contributed by atoms with Crippen LogP contribution in [0.3, 0.4) is 0 Å². The number of hydrogen-bond donors (Lipinski definition) is 0. The summed E-state index contributed by atoms with van der Waals surface area (Å²) in [5, 5.41) is 0. The van der Waals surface area contributed by atoms with Gasteiger partial charge >= 0.3 is 0 Å². The Labute approximate surface area is 317 Å². The first-order valence-electron chi connectivity index (χ1n) is 24.9. The van der Waals surface area contributed by atoms with Crippen LogP contribution < -0.4 is 0 Å². The summed E-state index contributed by atoms with van der Waals surface area (Å²) in [6.45, 7) is 0. The molecule has 0 unspecified atom stereocenters. The first kappa shape index (κ1) is 42.7. The Morgan fingerprint density at radius 2 is 0.240 bits per heavy atom. The molecule has 0 aromatic carbocycles. The van der Waals surface area contributed by atoms with Crippen LogP contribution >= 0.6 is 0 Å². The Morgan fingerprint density at radius 3 is 0.360 bits per heavy atom. The molecule has 0 bridgehead atoms. The standard InChI is InChI=1S/C50H94/c1-5-13-21-29-37-45(38-30-22-14-6-1)49(46-39-31-23-15-7-2-8-16-24-32-40-46)50(47-41-33-25-17-9-3-10-18-26-34-42-47)48-43-35-27-19-11-4-12-20-28-36-44-48/h45-50H,1-44H2. The normalized spacial score (nSPS) is 26.5. The molecule has 0 radical (unpaired) electrons. The lowest BCUT2D eigenvalue weighted by molar-refractivity contribution is 0.0159. The lowest BCUT2D eigenvalue weighted by Crippen LogP contribution is -2.40. The fraction of sp³-hybridized carbons (Fsp3) is 1.00. The van der Waals surface area contributed by atoms with Crippen molar-refractivity contribution in [3.05, 3.63) is 0 Å². The first-order valence-corrected chi connectivity index (χ1v) is 24.9. The zero-order chi connectivity index (χ0) is 34.6. The predicted molar refractivity (Wildman–Crippen MR) is 224 cm³/mol. The average molecular weight is 695 g/mol. The summed E-state index contributed by atoms with van der Waals surface area (Å²) in [6.07, 6.45) is 67.8. The fourth-order valence-electron chi connectivity index (χ4n) is 12.3. The number of rotatable bonds is 5. The largest absolute Gasteiger partial charge is 0.0533 e. The smallest absolute Gasteiger partial charge is 0.0324 e. The van der Waals surface area contributed by atoms with Gasteiger partial charge in [-0.25, -0.2) is 0 Å². The van der Waals surface area contributed by atoms with Gasteiger partial charge in [-0.1, -0.05) is 283 Å². The van der Waals surface area contributed by atoms with E-state index in [1.165, 1.54) is 180 Å². The molecule has 4 fully saturated rings. The van der Waals surface area contributed by atoms with Gasteiger partial charge < -0.3 is 0 Å². The molecule has 4 aliphatic rings. The van der Waals surface area contributed by atoms with E-state index < -0.39 is 0 Å². The van der Waals surface area contributed by atoms with Crippen LogP contribution in [0, 0.1) is 35.5 Å². The quantitative estimate of drug-likeness (QED) is 0.269. The Balaban J connectivity index is 1.71. The van der Waals surface area contributed by atoms with Gasteiger partial charge in [0, 0.05) is 0 Å². The van der Waals surface area contributed by atoms with Gasteiger partial charge in [0.15, 0.2) is 0 Å². The minimum absolute atomic E-state index is 1.03. The van der Waals surface area contributed by atoms with E-state index in [1.54, 1.807) is 103 Å². The molecular formula is C50H94. The second-order valence-electron chi connectivity index (χ2n) is 19.2. The van der Waals surface area contributed by atoms with Crippen molar-refractivity contribution in [1.29, 1.82) is 0 Å². The van der Waals surface area contributed by atoms with E-state index in [9.17, 15) is 0 Å². The molecule has 0 N–H and O–H groups in total. The van der Waals surface area contributed by atoms with E-state index in [1.807, 2.05) is 0 Å². The molecule has 0 spiro atoms. The predicted octanol–water partition coefficient (Wildman–Crippen LogP) is 17.9. The minimum atomic E-state index is 1.03. The van der Waals surface area contributed by atoms with Crippen molar-refractivity contribution in [3.63, 3.8) is 0 Å². The summed E-state index contributed by atoms with van der Waals surface area (Å²) in [7, 11) is 0. The van der Waals surface area contributed by atoms with Crippen molar-refractivity contribution in [3.8, 4) is 0 Å². The van der Waals surface area contributed by atoms with E-state index in [0.29, 0.717) is 0 Å². The highest BCUT2D eigenvalue weighted by Crippen LogP contribution is 2.50. The summed E-state index contributed by atoms with van der Waals surface area (Å²) in [5.41, 5.74) is 0. The topological polar surface area (TPSA) is 0 Å². The average Bonchev–Trinajstić information content (AvgIpc) is 3.09. The van der Waals surface area contributed by atoms with Crippen LogP contribution in [0.25, 0.3) is 0 Å². The third-order valence-electron chi connectivity index (χ3n) is 15.2. The molecule has 0 nitrogen and oxygen atoms in total. The van der Waals surface area contributed by atoms with Gasteiger partial charge in [0.05, 0.1) is 0 Å². The van der Waals surface area contributed by atoms with E-state index in [2.05, 4.69) is 0 Å². The fourth-order valence-corrected chi connectivity index (χ4v) is 12.3. The molecule has 4 saturated carbocycles. The van der Waals surface area contributed by atoms with E-state index in [4.69, 9.17) is 0 Å². The summed E-state index contributed by atoms with van der Waals surface area (Å²) >= 11 is 0. The van der Waals surface area contributed by atoms with Crippen molar-refractivity contribution in [2.45, 2.75) is 283 Å². The Hall–Kier alpha value is 0. The summed E-state index contributed by atoms with van der Waals surface area (Å²) in [6, 6.07) is 0. The highest BCUT2D eigenvalue weighted by molar-refractivity contribution is 4.91. The van der Waals surface area contributed by atoms with Gasteiger partial charge in [-0.15, -0.1) is 0 Å². The molecule has 4 aliphatic carbocycles. The van der Waals surface area contributed by atoms with Gasteiger partial charge in [-0.3, -0.25) is 0 Å². The maximum Gasteiger partial charge on any atom is -0.0324 e. The molecule has 0 saturated heterocycles. The lowest BCUT2D eigenvalue weighted by atomic mass is 9.58. The zero-order valence-corrected chi connectivity index (χ0v) is 34.6. The molecule has 0 amide bonds. The van der Waals surface area contributed by atoms with Gasteiger partial charge in [0.1, 0.15) is 0 Å². The lowest BCUT2D eigenvalue weighted by Gasteiger charge is -2.48. The molecule has 0 heteroatoms. The summed E-state index contributed by atoms with van der Waals surface area (Å²) in [4.78, 5) is 0. The first-order chi connectivity index (χ1) is 24.9. The van der Waals surface area contributed by atoms with Gasteiger partial charge in [-0.05, 0) is 35.5 Å². The molecule has 50 heavy (non-hydrogen) atoms. The zero-order valence-electron chi connectivity index (χ0n) is 34.6. The molecule has 0 atom stereocenters. The van der Waals surface area contributed by atoms with Gasteiger partial charge in [-0.2, -0.15) is 0 Å². The molecule has 0 aromatic rings. The molecule has 0 aromatic heterocycles.